The molecule has 0 saturated heterocycles. The van der Waals surface area contributed by atoms with Crippen molar-refractivity contribution in [2.45, 2.75) is 23.9 Å². The molecule has 9 nitrogen and oxygen atoms in total. The molecule has 1 amide bonds. The Kier molecular flexibility index (Phi) is 6.40. The number of hydrogen-bond acceptors (Lipinski definition) is 6. The van der Waals surface area contributed by atoms with Crippen LogP contribution in [0.3, 0.4) is 0 Å². The second kappa shape index (κ2) is 9.41. The number of aromatic nitrogens is 2. The summed E-state index contributed by atoms with van der Waals surface area (Å²) in [7, 11) is -4.21. The highest BCUT2D eigenvalue weighted by atomic mass is 32.2. The van der Waals surface area contributed by atoms with Crippen LogP contribution in [-0.4, -0.2) is 45.0 Å². The molecule has 2 aromatic carbocycles. The highest BCUT2D eigenvalue weighted by Gasteiger charge is 2.36. The number of phenolic OH excluding ortho intramolecular Hbond substituents is 1. The van der Waals surface area contributed by atoms with Gasteiger partial charge < -0.3 is 10.1 Å². The number of pyridine rings is 1. The molecule has 2 heterocycles. The number of benzene rings is 2. The zero-order valence-electron chi connectivity index (χ0n) is 17.4. The molecule has 10 heteroatoms. The number of fused-ring (bicyclic) bond motifs is 1. The van der Waals surface area contributed by atoms with Crippen LogP contribution < -0.4 is 5.48 Å². The first-order chi connectivity index (χ1) is 15.9. The van der Waals surface area contributed by atoms with Crippen LogP contribution in [0.25, 0.3) is 10.9 Å². The van der Waals surface area contributed by atoms with E-state index in [1.54, 1.807) is 30.0 Å². The molecule has 0 aliphatic carbocycles. The molecule has 0 saturated carbocycles. The Morgan fingerprint density at radius 2 is 1.85 bits per heavy atom. The van der Waals surface area contributed by atoms with Crippen LogP contribution in [-0.2, 0) is 27.8 Å². The molecule has 0 unspecified atom stereocenters. The molecule has 4 N–H and O–H groups in total. The number of phenols is 1. The summed E-state index contributed by atoms with van der Waals surface area (Å²) in [4.78, 5) is 19.9. The van der Waals surface area contributed by atoms with Gasteiger partial charge in [0.1, 0.15) is 11.8 Å². The van der Waals surface area contributed by atoms with E-state index in [9.17, 15) is 23.5 Å². The molecule has 0 fully saturated rings. The van der Waals surface area contributed by atoms with Crippen LogP contribution in [0.2, 0.25) is 0 Å². The third-order valence-electron chi connectivity index (χ3n) is 5.35. The van der Waals surface area contributed by atoms with Crippen LogP contribution in [0.5, 0.6) is 5.75 Å². The summed E-state index contributed by atoms with van der Waals surface area (Å²) in [5.41, 5.74) is 3.74. The van der Waals surface area contributed by atoms with E-state index >= 15 is 0 Å². The van der Waals surface area contributed by atoms with Gasteiger partial charge in [-0.25, -0.2) is 13.9 Å². The van der Waals surface area contributed by atoms with E-state index in [4.69, 9.17) is 0 Å². The van der Waals surface area contributed by atoms with Gasteiger partial charge in [0.25, 0.3) is 5.91 Å². The number of rotatable bonds is 8. The van der Waals surface area contributed by atoms with Crippen molar-refractivity contribution in [3.8, 4) is 5.75 Å². The van der Waals surface area contributed by atoms with E-state index in [0.29, 0.717) is 5.56 Å². The van der Waals surface area contributed by atoms with Crippen molar-refractivity contribution in [1.29, 1.82) is 0 Å². The summed E-state index contributed by atoms with van der Waals surface area (Å²) in [6, 6.07) is 14.6. The number of sulfonamides is 1. The third kappa shape index (κ3) is 4.72. The van der Waals surface area contributed by atoms with Crippen molar-refractivity contribution in [2.24, 2.45) is 0 Å². The molecular weight excluding hydrogens is 444 g/mol. The molecule has 0 aliphatic heterocycles. The number of aromatic hydroxyl groups is 1. The molecular formula is C23H22N4O5S. The predicted molar refractivity (Wildman–Crippen MR) is 121 cm³/mol. The Bertz CT molecular complexity index is 1350. The zero-order valence-corrected chi connectivity index (χ0v) is 18.2. The van der Waals surface area contributed by atoms with Crippen LogP contribution >= 0.6 is 0 Å². The second-order valence-electron chi connectivity index (χ2n) is 7.46. The van der Waals surface area contributed by atoms with Crippen molar-refractivity contribution in [3.63, 3.8) is 0 Å². The fourth-order valence-electron chi connectivity index (χ4n) is 3.70. The molecule has 0 aliphatic rings. The minimum atomic E-state index is -4.21. The largest absolute Gasteiger partial charge is 0.508 e. The molecule has 4 aromatic rings. The molecule has 0 radical (unpaired) electrons. The minimum absolute atomic E-state index is 0.00792. The van der Waals surface area contributed by atoms with Gasteiger partial charge in [-0.1, -0.05) is 24.3 Å². The van der Waals surface area contributed by atoms with Gasteiger partial charge in [-0.15, -0.1) is 0 Å². The van der Waals surface area contributed by atoms with E-state index in [-0.39, 0.29) is 23.6 Å². The first-order valence-corrected chi connectivity index (χ1v) is 11.5. The fraction of sp³-hybridized carbons (Fsp3) is 0.130. The smallest absolute Gasteiger partial charge is 0.262 e. The van der Waals surface area contributed by atoms with E-state index < -0.39 is 22.0 Å². The Morgan fingerprint density at radius 3 is 2.55 bits per heavy atom. The van der Waals surface area contributed by atoms with Crippen LogP contribution in [0.1, 0.15) is 11.1 Å². The highest BCUT2D eigenvalue weighted by Crippen LogP contribution is 2.27. The summed E-state index contributed by atoms with van der Waals surface area (Å²) < 4.78 is 28.3. The van der Waals surface area contributed by atoms with Gasteiger partial charge in [0.05, 0.1) is 4.90 Å². The van der Waals surface area contributed by atoms with Crippen molar-refractivity contribution in [3.05, 3.63) is 90.4 Å². The van der Waals surface area contributed by atoms with Gasteiger partial charge in [0.2, 0.25) is 10.0 Å². The van der Waals surface area contributed by atoms with Gasteiger partial charge >= 0.3 is 0 Å². The standard InChI is InChI=1S/C23H22N4O5S/c28-18-7-9-19(10-8-18)33(31,32)27(15-16-4-3-11-24-13-16)22(23(29)26-30)12-17-14-25-21-6-2-1-5-20(17)21/h1-11,13-14,22,25,28,30H,12,15H2,(H,26,29)/t22-/m1/s1. The first-order valence-electron chi connectivity index (χ1n) is 10.1. The van der Waals surface area contributed by atoms with Crippen LogP contribution in [0.4, 0.5) is 0 Å². The van der Waals surface area contributed by atoms with Gasteiger partial charge in [-0.3, -0.25) is 15.0 Å². The molecule has 2 aromatic heterocycles. The van der Waals surface area contributed by atoms with Crippen molar-refractivity contribution >= 4 is 26.8 Å². The monoisotopic (exact) mass is 466 g/mol. The summed E-state index contributed by atoms with van der Waals surface area (Å²) >= 11 is 0. The fourth-order valence-corrected chi connectivity index (χ4v) is 5.27. The number of hydrogen-bond donors (Lipinski definition) is 4. The van der Waals surface area contributed by atoms with Gasteiger partial charge in [-0.2, -0.15) is 4.31 Å². The number of nitrogens with one attached hydrogen (secondary N) is 2. The molecule has 0 bridgehead atoms. The molecule has 0 spiro atoms. The molecule has 1 atom stereocenters. The molecule has 33 heavy (non-hydrogen) atoms. The molecule has 170 valence electrons. The number of carbonyl (C=O) groups excluding carboxylic acids is 1. The lowest BCUT2D eigenvalue weighted by atomic mass is 10.0. The van der Waals surface area contributed by atoms with Crippen molar-refractivity contribution in [2.75, 3.05) is 0 Å². The summed E-state index contributed by atoms with van der Waals surface area (Å²) in [6.07, 6.45) is 4.80. The Morgan fingerprint density at radius 1 is 1.09 bits per heavy atom. The lowest BCUT2D eigenvalue weighted by Crippen LogP contribution is -2.49. The predicted octanol–water partition coefficient (Wildman–Crippen LogP) is 2.58. The Labute approximate surface area is 190 Å². The summed E-state index contributed by atoms with van der Waals surface area (Å²) in [6.45, 7) is -0.155. The lowest BCUT2D eigenvalue weighted by Gasteiger charge is -2.29. The SMILES string of the molecule is O=C(NO)[C@@H](Cc1c[nH]c2ccccc12)N(Cc1cccnc1)S(=O)(=O)c1ccc(O)cc1. The number of hydroxylamine groups is 1. The second-order valence-corrected chi connectivity index (χ2v) is 9.35. The van der Waals surface area contributed by atoms with Gasteiger partial charge in [-0.05, 0) is 47.5 Å². The maximum Gasteiger partial charge on any atom is 0.262 e. The Balaban J connectivity index is 1.80. The van der Waals surface area contributed by atoms with E-state index in [1.165, 1.54) is 30.5 Å². The Hall–Kier alpha value is -3.73. The van der Waals surface area contributed by atoms with Crippen LogP contribution in [0.15, 0.2) is 84.1 Å². The van der Waals surface area contributed by atoms with Crippen molar-refractivity contribution in [1.82, 2.24) is 19.8 Å². The number of amides is 1. The minimum Gasteiger partial charge on any atom is -0.508 e. The summed E-state index contributed by atoms with van der Waals surface area (Å²) in [5.74, 6) is -0.956. The maximum absolute atomic E-state index is 13.7. The summed E-state index contributed by atoms with van der Waals surface area (Å²) in [5, 5.41) is 19.9. The normalized spacial score (nSPS) is 12.7. The average molecular weight is 467 g/mol. The van der Waals surface area contributed by atoms with Crippen molar-refractivity contribution < 1.29 is 23.5 Å². The molecule has 4 rings (SSSR count). The number of aromatic amines is 1. The number of para-hydroxylation sites is 1. The van der Waals surface area contributed by atoms with Crippen LogP contribution in [0, 0.1) is 0 Å². The number of nitrogens with zero attached hydrogens (tertiary/aromatic N) is 2. The van der Waals surface area contributed by atoms with Gasteiger partial charge in [0.15, 0.2) is 0 Å². The average Bonchev–Trinajstić information content (AvgIpc) is 3.24. The zero-order chi connectivity index (χ0) is 23.4. The van der Waals surface area contributed by atoms with E-state index in [0.717, 1.165) is 20.8 Å². The van der Waals surface area contributed by atoms with E-state index in [2.05, 4.69) is 9.97 Å². The number of carbonyl (C=O) groups is 1. The highest BCUT2D eigenvalue weighted by molar-refractivity contribution is 7.89. The lowest BCUT2D eigenvalue weighted by molar-refractivity contribution is -0.133. The topological polar surface area (TPSA) is 136 Å². The number of H-pyrrole nitrogens is 1. The maximum atomic E-state index is 13.7. The van der Waals surface area contributed by atoms with E-state index in [1.807, 2.05) is 24.3 Å². The van der Waals surface area contributed by atoms with Gasteiger partial charge in [0, 0.05) is 42.5 Å². The third-order valence-corrected chi connectivity index (χ3v) is 7.22. The quantitative estimate of drug-likeness (QED) is 0.233. The first kappa shape index (κ1) is 22.5.